The average Bonchev–Trinajstić information content (AvgIpc) is 3.37. The zero-order valence-corrected chi connectivity index (χ0v) is 34.3. The number of hydrogen-bond acceptors (Lipinski definition) is 11. The number of carbonyl (C=O) groups excluding carboxylic acids is 4. The van der Waals surface area contributed by atoms with Crippen LogP contribution in [0.2, 0.25) is 5.82 Å². The quantitative estimate of drug-likeness (QED) is 0.0898. The van der Waals surface area contributed by atoms with Gasteiger partial charge in [-0.1, -0.05) is 39.1 Å². The zero-order chi connectivity index (χ0) is 32.8. The number of amides is 1. The van der Waals surface area contributed by atoms with Gasteiger partial charge in [-0.05, 0) is 18.8 Å². The molecule has 0 aromatic heterocycles. The third kappa shape index (κ3) is 27.6. The van der Waals surface area contributed by atoms with Crippen molar-refractivity contribution in [3.05, 3.63) is 21.8 Å². The monoisotopic (exact) mass is 879 g/mol. The van der Waals surface area contributed by atoms with Crippen LogP contribution < -0.4 is 5.32 Å². The Morgan fingerprint density at radius 2 is 1.55 bits per heavy atom. The molecule has 0 aromatic carbocycles. The van der Waals surface area contributed by atoms with Gasteiger partial charge in [0.05, 0.1) is 28.2 Å². The van der Waals surface area contributed by atoms with Gasteiger partial charge in [0.25, 0.3) is 0 Å². The predicted octanol–water partition coefficient (Wildman–Crippen LogP) is 3.71. The molecule has 1 amide bonds. The molecule has 7 atom stereocenters. The summed E-state index contributed by atoms with van der Waals surface area (Å²) in [7, 11) is 8.80. The van der Waals surface area contributed by atoms with E-state index < -0.39 is 30.4 Å². The van der Waals surface area contributed by atoms with Crippen molar-refractivity contribution in [1.29, 1.82) is 0 Å². The summed E-state index contributed by atoms with van der Waals surface area (Å²) in [6.07, 6.45) is 2.77. The van der Waals surface area contributed by atoms with E-state index in [9.17, 15) is 19.2 Å². The van der Waals surface area contributed by atoms with E-state index in [1.54, 1.807) is 7.11 Å². The number of hydrogen-bond donors (Lipinski definition) is 1. The minimum Gasteiger partial charge on any atom is -0.469 e. The van der Waals surface area contributed by atoms with Gasteiger partial charge in [-0.15, -0.1) is 0 Å². The van der Waals surface area contributed by atoms with Crippen LogP contribution in [0.4, 0.5) is 0 Å². The molecule has 273 valence electrons. The number of methoxy groups -OCH3 is 2. The summed E-state index contributed by atoms with van der Waals surface area (Å²) in [6.45, 7) is 13.9. The van der Waals surface area contributed by atoms with Crippen LogP contribution in [-0.4, -0.2) is 104 Å². The Morgan fingerprint density at radius 3 is 2.02 bits per heavy atom. The fourth-order valence-corrected chi connectivity index (χ4v) is 4.54. The molecule has 1 saturated carbocycles. The maximum atomic E-state index is 11.8. The number of ether oxygens (including phenoxy) is 7. The number of carbonyl (C=O) groups is 4. The molecule has 2 rings (SSSR count). The first kappa shape index (κ1) is 55.5. The van der Waals surface area contributed by atoms with Crippen LogP contribution in [0, 0.1) is 39.5 Å². The van der Waals surface area contributed by atoms with Crippen molar-refractivity contribution in [2.45, 2.75) is 91.0 Å². The van der Waals surface area contributed by atoms with Crippen molar-refractivity contribution < 1.29 is 92.0 Å². The topological polar surface area (TPSA) is 145 Å². The van der Waals surface area contributed by atoms with Crippen LogP contribution in [0.1, 0.15) is 66.7 Å². The van der Waals surface area contributed by atoms with E-state index in [4.69, 9.17) is 36.3 Å². The van der Waals surface area contributed by atoms with Crippen molar-refractivity contribution in [3.63, 3.8) is 0 Å². The second-order valence-corrected chi connectivity index (χ2v) is 10.7. The zero-order valence-electron chi connectivity index (χ0n) is 30.0. The van der Waals surface area contributed by atoms with Crippen LogP contribution in [0.25, 0.3) is 0 Å². The van der Waals surface area contributed by atoms with Crippen LogP contribution in [0.3, 0.4) is 0 Å². The summed E-state index contributed by atoms with van der Waals surface area (Å²) in [5.74, 6) is -0.104. The van der Waals surface area contributed by atoms with Gasteiger partial charge in [-0.3, -0.25) is 19.2 Å². The van der Waals surface area contributed by atoms with Gasteiger partial charge in [0.1, 0.15) is 18.8 Å². The van der Waals surface area contributed by atoms with E-state index in [2.05, 4.69) is 17.0 Å². The van der Waals surface area contributed by atoms with Crippen LogP contribution >= 0.6 is 0 Å². The molecule has 47 heavy (non-hydrogen) atoms. The standard InChI is InChI=1S/C20H34NO8.C7H13BO.C3H6O2.2CH3.V.W/c1-6-25-11-9-21-18(24)8-7-10-26-20-14(3)13(2)19(28-16(5)23)17(29-20)12-27-15(4)22;1-9-5-6-2-3-7(8)4-6;1-3(4)5-2;;;;/h13-14,17,19-20H,1,6-12H2,2-5H3,(H,21,24);6-7H,2-5H2,1H3;1-2H3;2*1H3;;/q-1;;;2*-1;+2;. The fraction of sp³-hybridized carbons (Fsp3) is 0.781. The fourth-order valence-electron chi connectivity index (χ4n) is 4.54. The number of esters is 3. The van der Waals surface area contributed by atoms with Crippen LogP contribution in [0.15, 0.2) is 0 Å². The van der Waals surface area contributed by atoms with Crippen LogP contribution in [-0.2, 0) is 92.0 Å². The molecule has 1 aliphatic carbocycles. The molecule has 1 N–H and O–H groups in total. The Kier molecular flexibility index (Phi) is 39.6. The van der Waals surface area contributed by atoms with Gasteiger partial charge in [0.15, 0.2) is 6.29 Å². The molecule has 12 nitrogen and oxygen atoms in total. The van der Waals surface area contributed by atoms with Gasteiger partial charge < -0.3 is 60.3 Å². The molecule has 3 radical (unpaired) electrons. The predicted molar refractivity (Wildman–Crippen MR) is 173 cm³/mol. The van der Waals surface area contributed by atoms with E-state index in [-0.39, 0.29) is 84.8 Å². The maximum absolute atomic E-state index is 11.8. The first-order valence-corrected chi connectivity index (χ1v) is 14.9. The molecule has 15 heteroatoms. The summed E-state index contributed by atoms with van der Waals surface area (Å²) < 4.78 is 36.4. The molecule has 1 aliphatic heterocycles. The van der Waals surface area contributed by atoms with Gasteiger partial charge in [-0.25, -0.2) is 0 Å². The van der Waals surface area contributed by atoms with E-state index in [0.29, 0.717) is 45.0 Å². The molecule has 7 unspecified atom stereocenters. The molecule has 0 aromatic rings. The van der Waals surface area contributed by atoms with Crippen molar-refractivity contribution >= 4 is 31.7 Å². The third-order valence-corrected chi connectivity index (χ3v) is 7.02. The molecule has 0 bridgehead atoms. The molecular formula is C32H59BNO11VW-. The number of nitrogens with one attached hydrogen (secondary N) is 1. The molecule has 2 fully saturated rings. The normalized spacial score (nSPS) is 23.9. The van der Waals surface area contributed by atoms with E-state index >= 15 is 0 Å². The summed E-state index contributed by atoms with van der Waals surface area (Å²) in [4.78, 5) is 44.0. The van der Waals surface area contributed by atoms with Gasteiger partial charge >= 0.3 is 36.5 Å². The van der Waals surface area contributed by atoms with Crippen molar-refractivity contribution in [1.82, 2.24) is 5.32 Å². The summed E-state index contributed by atoms with van der Waals surface area (Å²) in [5.41, 5.74) is 0. The maximum Gasteiger partial charge on any atom is 2.00 e. The molecule has 0 spiro atoms. The second-order valence-electron chi connectivity index (χ2n) is 10.7. The summed E-state index contributed by atoms with van der Waals surface area (Å²) in [5, 5.41) is 2.75. The van der Waals surface area contributed by atoms with Crippen LogP contribution in [0.5, 0.6) is 0 Å². The van der Waals surface area contributed by atoms with Gasteiger partial charge in [0, 0.05) is 80.4 Å². The van der Waals surface area contributed by atoms with Crippen molar-refractivity contribution in [3.8, 4) is 0 Å². The Hall–Kier alpha value is -0.942. The van der Waals surface area contributed by atoms with Crippen molar-refractivity contribution in [2.24, 2.45) is 17.8 Å². The molecule has 2 aliphatic rings. The molecule has 1 saturated heterocycles. The van der Waals surface area contributed by atoms with E-state index in [0.717, 1.165) is 18.9 Å². The second kappa shape index (κ2) is 33.5. The minimum absolute atomic E-state index is 0. The SMILES string of the molecule is COC(C)=O.[B]C1CCC(COC)C1.[CH2-]COCCNC(=O)CCCOC1OC(COC(C)=O)C(OC(C)=O)C(C)C1C.[CH3-].[CH3-].[V+2].[W]. The Balaban J connectivity index is -0.000000272. The van der Waals surface area contributed by atoms with Crippen molar-refractivity contribution in [2.75, 3.05) is 53.8 Å². The van der Waals surface area contributed by atoms with E-state index in [1.807, 2.05) is 13.8 Å². The first-order chi connectivity index (χ1) is 20.4. The minimum atomic E-state index is -0.615. The van der Waals surface area contributed by atoms with E-state index in [1.165, 1.54) is 40.7 Å². The van der Waals surface area contributed by atoms with Gasteiger partial charge in [-0.2, -0.15) is 0 Å². The third-order valence-electron chi connectivity index (χ3n) is 7.02. The largest absolute Gasteiger partial charge is 2.00 e. The first-order valence-electron chi connectivity index (χ1n) is 14.9. The molecule has 1 heterocycles. The Bertz CT molecular complexity index is 813. The Labute approximate surface area is 312 Å². The average molecular weight is 879 g/mol. The number of rotatable bonds is 14. The summed E-state index contributed by atoms with van der Waals surface area (Å²) in [6, 6.07) is 0. The molecular weight excluding hydrogens is 820 g/mol. The Morgan fingerprint density at radius 1 is 0.936 bits per heavy atom. The smallest absolute Gasteiger partial charge is 0.469 e. The van der Waals surface area contributed by atoms with Gasteiger partial charge in [0.2, 0.25) is 5.91 Å². The summed E-state index contributed by atoms with van der Waals surface area (Å²) >= 11 is 0.